The number of nitrogens with one attached hydrogen (secondary N) is 1. The van der Waals surface area contributed by atoms with Gasteiger partial charge >= 0.3 is 5.97 Å². The summed E-state index contributed by atoms with van der Waals surface area (Å²) >= 11 is 7.57. The maximum atomic E-state index is 12.0. The lowest BCUT2D eigenvalue weighted by Gasteiger charge is -2.09. The SMILES string of the molecule is CCOC(=O)c1ccc(NC(=O)CSc2ccc(C)cc2)c(Cl)c1. The molecule has 0 fully saturated rings. The Morgan fingerprint density at radius 1 is 1.17 bits per heavy atom. The molecule has 2 rings (SSSR count). The highest BCUT2D eigenvalue weighted by Crippen LogP contribution is 2.24. The highest BCUT2D eigenvalue weighted by atomic mass is 35.5. The van der Waals surface area contributed by atoms with E-state index in [-0.39, 0.29) is 11.7 Å². The molecule has 0 saturated carbocycles. The largest absolute Gasteiger partial charge is 0.462 e. The molecule has 4 nitrogen and oxygen atoms in total. The van der Waals surface area contributed by atoms with Crippen LogP contribution >= 0.6 is 23.4 Å². The quantitative estimate of drug-likeness (QED) is 0.604. The molecular formula is C18H18ClNO3S. The van der Waals surface area contributed by atoms with E-state index in [1.54, 1.807) is 19.1 Å². The van der Waals surface area contributed by atoms with Gasteiger partial charge in [-0.15, -0.1) is 11.8 Å². The smallest absolute Gasteiger partial charge is 0.338 e. The normalized spacial score (nSPS) is 10.3. The molecule has 126 valence electrons. The van der Waals surface area contributed by atoms with Crippen molar-refractivity contribution in [3.63, 3.8) is 0 Å². The van der Waals surface area contributed by atoms with Crippen molar-refractivity contribution in [1.82, 2.24) is 0 Å². The van der Waals surface area contributed by atoms with Crippen molar-refractivity contribution in [2.75, 3.05) is 17.7 Å². The summed E-state index contributed by atoms with van der Waals surface area (Å²) < 4.78 is 4.91. The zero-order valence-electron chi connectivity index (χ0n) is 13.5. The standard InChI is InChI=1S/C18H18ClNO3S/c1-3-23-18(22)13-6-9-16(15(19)10-13)20-17(21)11-24-14-7-4-12(2)5-8-14/h4-10H,3,11H2,1-2H3,(H,20,21). The van der Waals surface area contributed by atoms with Crippen LogP contribution in [0.4, 0.5) is 5.69 Å². The zero-order chi connectivity index (χ0) is 17.5. The third-order valence-corrected chi connectivity index (χ3v) is 4.47. The molecule has 2 aromatic carbocycles. The summed E-state index contributed by atoms with van der Waals surface area (Å²) in [5, 5.41) is 3.05. The zero-order valence-corrected chi connectivity index (χ0v) is 15.0. The Bertz CT molecular complexity index is 732. The summed E-state index contributed by atoms with van der Waals surface area (Å²) in [5.74, 6) is -0.322. The fourth-order valence-corrected chi connectivity index (χ4v) is 2.85. The van der Waals surface area contributed by atoms with E-state index < -0.39 is 5.97 Å². The average molecular weight is 364 g/mol. The van der Waals surface area contributed by atoms with Gasteiger partial charge in [0, 0.05) is 4.90 Å². The third-order valence-electron chi connectivity index (χ3n) is 3.15. The number of carbonyl (C=O) groups is 2. The molecule has 0 atom stereocenters. The van der Waals surface area contributed by atoms with Gasteiger partial charge in [-0.3, -0.25) is 4.79 Å². The number of amides is 1. The molecular weight excluding hydrogens is 346 g/mol. The number of carbonyl (C=O) groups excluding carboxylic acids is 2. The fourth-order valence-electron chi connectivity index (χ4n) is 1.93. The maximum Gasteiger partial charge on any atom is 0.338 e. The number of halogens is 1. The molecule has 0 aliphatic carbocycles. The number of rotatable bonds is 6. The minimum absolute atomic E-state index is 0.161. The van der Waals surface area contributed by atoms with Crippen LogP contribution < -0.4 is 5.32 Å². The second-order valence-corrected chi connectivity index (χ2v) is 6.52. The molecule has 0 bridgehead atoms. The second-order valence-electron chi connectivity index (χ2n) is 5.06. The third kappa shape index (κ3) is 5.28. The van der Waals surface area contributed by atoms with E-state index in [1.807, 2.05) is 31.2 Å². The van der Waals surface area contributed by atoms with Crippen molar-refractivity contribution in [2.24, 2.45) is 0 Å². The van der Waals surface area contributed by atoms with Gasteiger partial charge in [0.1, 0.15) is 0 Å². The van der Waals surface area contributed by atoms with Gasteiger partial charge in [-0.1, -0.05) is 29.3 Å². The van der Waals surface area contributed by atoms with E-state index in [2.05, 4.69) is 5.32 Å². The van der Waals surface area contributed by atoms with Crippen LogP contribution in [0.15, 0.2) is 47.4 Å². The predicted octanol–water partition coefficient (Wildman–Crippen LogP) is 4.56. The Hall–Kier alpha value is -1.98. The summed E-state index contributed by atoms with van der Waals surface area (Å²) in [6, 6.07) is 12.6. The van der Waals surface area contributed by atoms with Crippen LogP contribution in [-0.2, 0) is 9.53 Å². The first-order chi connectivity index (χ1) is 11.5. The molecule has 0 unspecified atom stereocenters. The number of aryl methyl sites for hydroxylation is 1. The molecule has 0 saturated heterocycles. The van der Waals surface area contributed by atoms with Gasteiger partial charge < -0.3 is 10.1 Å². The second kappa shape index (κ2) is 8.76. The molecule has 1 amide bonds. The molecule has 0 spiro atoms. The minimum atomic E-state index is -0.438. The first-order valence-corrected chi connectivity index (χ1v) is 8.82. The summed E-state index contributed by atoms with van der Waals surface area (Å²) in [6.07, 6.45) is 0. The summed E-state index contributed by atoms with van der Waals surface area (Å²) in [4.78, 5) is 24.7. The highest BCUT2D eigenvalue weighted by molar-refractivity contribution is 8.00. The van der Waals surface area contributed by atoms with Gasteiger partial charge in [0.15, 0.2) is 0 Å². The molecule has 1 N–H and O–H groups in total. The lowest BCUT2D eigenvalue weighted by atomic mass is 10.2. The van der Waals surface area contributed by atoms with Crippen LogP contribution in [-0.4, -0.2) is 24.2 Å². The van der Waals surface area contributed by atoms with Crippen molar-refractivity contribution in [1.29, 1.82) is 0 Å². The molecule has 6 heteroatoms. The minimum Gasteiger partial charge on any atom is -0.462 e. The summed E-state index contributed by atoms with van der Waals surface area (Å²) in [5.41, 5.74) is 2.00. The lowest BCUT2D eigenvalue weighted by molar-refractivity contribution is -0.113. The van der Waals surface area contributed by atoms with Crippen LogP contribution in [0.5, 0.6) is 0 Å². The van der Waals surface area contributed by atoms with Crippen LogP contribution in [0.3, 0.4) is 0 Å². The topological polar surface area (TPSA) is 55.4 Å². The van der Waals surface area contributed by atoms with Crippen LogP contribution in [0, 0.1) is 6.92 Å². The van der Waals surface area contributed by atoms with Gasteiger partial charge in [-0.05, 0) is 44.2 Å². The Labute approximate surface area is 150 Å². The number of esters is 1. The molecule has 24 heavy (non-hydrogen) atoms. The highest BCUT2D eigenvalue weighted by Gasteiger charge is 2.11. The molecule has 0 aliphatic rings. The first kappa shape index (κ1) is 18.4. The van der Waals surface area contributed by atoms with Crippen molar-refractivity contribution in [2.45, 2.75) is 18.7 Å². The van der Waals surface area contributed by atoms with Gasteiger partial charge in [0.25, 0.3) is 0 Å². The molecule has 0 radical (unpaired) electrons. The van der Waals surface area contributed by atoms with Gasteiger partial charge in [-0.2, -0.15) is 0 Å². The molecule has 2 aromatic rings. The maximum absolute atomic E-state index is 12.0. The Kier molecular flexibility index (Phi) is 6.70. The number of hydrogen-bond donors (Lipinski definition) is 1. The number of hydrogen-bond acceptors (Lipinski definition) is 4. The Balaban J connectivity index is 1.93. The van der Waals surface area contributed by atoms with Gasteiger partial charge in [-0.25, -0.2) is 4.79 Å². The van der Waals surface area contributed by atoms with Crippen LogP contribution in [0.2, 0.25) is 5.02 Å². The number of benzene rings is 2. The van der Waals surface area contributed by atoms with Crippen molar-refractivity contribution in [3.05, 3.63) is 58.6 Å². The van der Waals surface area contributed by atoms with E-state index in [4.69, 9.17) is 16.3 Å². The summed E-state index contributed by atoms with van der Waals surface area (Å²) in [7, 11) is 0. The van der Waals surface area contributed by atoms with Crippen molar-refractivity contribution < 1.29 is 14.3 Å². The van der Waals surface area contributed by atoms with E-state index in [9.17, 15) is 9.59 Å². The van der Waals surface area contributed by atoms with E-state index >= 15 is 0 Å². The van der Waals surface area contributed by atoms with E-state index in [1.165, 1.54) is 23.4 Å². The van der Waals surface area contributed by atoms with E-state index in [0.29, 0.717) is 22.9 Å². The van der Waals surface area contributed by atoms with Gasteiger partial charge in [0.05, 0.1) is 28.6 Å². The first-order valence-electron chi connectivity index (χ1n) is 7.45. The van der Waals surface area contributed by atoms with Crippen molar-refractivity contribution >= 4 is 40.9 Å². The van der Waals surface area contributed by atoms with Crippen LogP contribution in [0.1, 0.15) is 22.8 Å². The monoisotopic (exact) mass is 363 g/mol. The fraction of sp³-hybridized carbons (Fsp3) is 0.222. The van der Waals surface area contributed by atoms with Crippen molar-refractivity contribution in [3.8, 4) is 0 Å². The Morgan fingerprint density at radius 3 is 2.50 bits per heavy atom. The molecule has 0 aromatic heterocycles. The predicted molar refractivity (Wildman–Crippen MR) is 97.9 cm³/mol. The Morgan fingerprint density at radius 2 is 1.88 bits per heavy atom. The number of anilines is 1. The van der Waals surface area contributed by atoms with Gasteiger partial charge in [0.2, 0.25) is 5.91 Å². The molecule has 0 heterocycles. The summed E-state index contributed by atoms with van der Waals surface area (Å²) in [6.45, 7) is 4.05. The van der Waals surface area contributed by atoms with E-state index in [0.717, 1.165) is 4.90 Å². The molecule has 0 aliphatic heterocycles. The number of thioether (sulfide) groups is 1. The lowest BCUT2D eigenvalue weighted by Crippen LogP contribution is -2.14. The number of ether oxygens (including phenoxy) is 1. The van der Waals surface area contributed by atoms with Crippen LogP contribution in [0.25, 0.3) is 0 Å². The average Bonchev–Trinajstić information content (AvgIpc) is 2.56.